The van der Waals surface area contributed by atoms with Crippen LogP contribution >= 0.6 is 11.6 Å². The van der Waals surface area contributed by atoms with Gasteiger partial charge in [-0.3, -0.25) is 19.3 Å². The molecule has 5 atom stereocenters. The molecule has 29 heavy (non-hydrogen) atoms. The van der Waals surface area contributed by atoms with Crippen molar-refractivity contribution < 1.29 is 18.8 Å². The summed E-state index contributed by atoms with van der Waals surface area (Å²) in [5, 5.41) is 4.39. The molecule has 3 fully saturated rings. The SMILES string of the molecule is CC(NC(=O)CCN1C(=O)C2C3CCC(C3)C2C1=O)c1cc2cc(Cl)ccc2o1. The number of nitrogens with one attached hydrogen (secondary N) is 1. The summed E-state index contributed by atoms with van der Waals surface area (Å²) >= 11 is 6.00. The smallest absolute Gasteiger partial charge is 0.233 e. The van der Waals surface area contributed by atoms with E-state index in [1.54, 1.807) is 12.1 Å². The summed E-state index contributed by atoms with van der Waals surface area (Å²) in [6.07, 6.45) is 3.23. The predicted octanol–water partition coefficient (Wildman–Crippen LogP) is 3.68. The minimum Gasteiger partial charge on any atom is -0.459 e. The highest BCUT2D eigenvalue weighted by molar-refractivity contribution is 6.31. The number of rotatable bonds is 5. The van der Waals surface area contributed by atoms with Crippen LogP contribution in [0, 0.1) is 23.7 Å². The van der Waals surface area contributed by atoms with Crippen molar-refractivity contribution >= 4 is 40.3 Å². The van der Waals surface area contributed by atoms with Crippen LogP contribution in [0.15, 0.2) is 28.7 Å². The molecule has 7 heteroatoms. The summed E-state index contributed by atoms with van der Waals surface area (Å²) in [6, 6.07) is 6.90. The van der Waals surface area contributed by atoms with E-state index in [4.69, 9.17) is 16.0 Å². The standard InChI is InChI=1S/C22H23ClN2O4/c1-11(17-10-14-9-15(23)4-5-16(14)29-17)24-18(26)6-7-25-21(27)19-12-2-3-13(8-12)20(19)22(25)28/h4-5,9-13,19-20H,2-3,6-8H2,1H3,(H,24,26). The number of carbonyl (C=O) groups is 3. The van der Waals surface area contributed by atoms with E-state index < -0.39 is 0 Å². The Morgan fingerprint density at radius 3 is 2.59 bits per heavy atom. The predicted molar refractivity (Wildman–Crippen MR) is 107 cm³/mol. The topological polar surface area (TPSA) is 79.6 Å². The van der Waals surface area contributed by atoms with Crippen molar-refractivity contribution in [3.63, 3.8) is 0 Å². The van der Waals surface area contributed by atoms with E-state index in [9.17, 15) is 14.4 Å². The Morgan fingerprint density at radius 2 is 1.90 bits per heavy atom. The van der Waals surface area contributed by atoms with Crippen molar-refractivity contribution in [3.8, 4) is 0 Å². The molecule has 6 nitrogen and oxygen atoms in total. The quantitative estimate of drug-likeness (QED) is 0.757. The van der Waals surface area contributed by atoms with Crippen LogP contribution in [0.1, 0.15) is 44.4 Å². The third-order valence-electron chi connectivity index (χ3n) is 6.88. The molecule has 2 aliphatic carbocycles. The van der Waals surface area contributed by atoms with Crippen molar-refractivity contribution in [1.82, 2.24) is 10.2 Å². The molecule has 5 unspecified atom stereocenters. The van der Waals surface area contributed by atoms with E-state index >= 15 is 0 Å². The van der Waals surface area contributed by atoms with Crippen LogP contribution in [-0.2, 0) is 14.4 Å². The van der Waals surface area contributed by atoms with Gasteiger partial charge < -0.3 is 9.73 Å². The Bertz CT molecular complexity index is 987. The first-order valence-electron chi connectivity index (χ1n) is 10.3. The number of hydrogen-bond donors (Lipinski definition) is 1. The highest BCUT2D eigenvalue weighted by atomic mass is 35.5. The van der Waals surface area contributed by atoms with Gasteiger partial charge >= 0.3 is 0 Å². The van der Waals surface area contributed by atoms with Crippen molar-refractivity contribution in [1.29, 1.82) is 0 Å². The van der Waals surface area contributed by atoms with E-state index in [2.05, 4.69) is 5.32 Å². The van der Waals surface area contributed by atoms with Gasteiger partial charge in [0.05, 0.1) is 17.9 Å². The molecule has 3 aliphatic rings. The van der Waals surface area contributed by atoms with Crippen LogP contribution in [-0.4, -0.2) is 29.2 Å². The number of imide groups is 1. The summed E-state index contributed by atoms with van der Waals surface area (Å²) in [5.74, 6) is 0.746. The molecule has 2 saturated carbocycles. The number of carbonyl (C=O) groups excluding carboxylic acids is 3. The third kappa shape index (κ3) is 3.05. The van der Waals surface area contributed by atoms with Crippen LogP contribution in [0.4, 0.5) is 0 Å². The van der Waals surface area contributed by atoms with Gasteiger partial charge in [-0.2, -0.15) is 0 Å². The van der Waals surface area contributed by atoms with Crippen LogP contribution in [0.25, 0.3) is 11.0 Å². The van der Waals surface area contributed by atoms with Crippen LogP contribution in [0.2, 0.25) is 5.02 Å². The van der Waals surface area contributed by atoms with Crippen molar-refractivity contribution in [2.45, 2.75) is 38.6 Å². The van der Waals surface area contributed by atoms with Crippen LogP contribution < -0.4 is 5.32 Å². The molecule has 1 aliphatic heterocycles. The fourth-order valence-electron chi connectivity index (χ4n) is 5.54. The average molecular weight is 415 g/mol. The second-order valence-electron chi connectivity index (χ2n) is 8.58. The number of amides is 3. The molecule has 1 saturated heterocycles. The first-order valence-corrected chi connectivity index (χ1v) is 10.6. The molecule has 1 aromatic carbocycles. The molecule has 1 N–H and O–H groups in total. The lowest BCUT2D eigenvalue weighted by atomic mass is 9.81. The zero-order valence-electron chi connectivity index (χ0n) is 16.2. The Morgan fingerprint density at radius 1 is 1.21 bits per heavy atom. The van der Waals surface area contributed by atoms with Gasteiger partial charge in [-0.15, -0.1) is 0 Å². The van der Waals surface area contributed by atoms with E-state index in [1.807, 2.05) is 19.1 Å². The maximum absolute atomic E-state index is 12.7. The van der Waals surface area contributed by atoms with Gasteiger partial charge in [0, 0.05) is 23.4 Å². The lowest BCUT2D eigenvalue weighted by Gasteiger charge is -2.19. The largest absolute Gasteiger partial charge is 0.459 e. The van der Waals surface area contributed by atoms with Crippen molar-refractivity contribution in [2.24, 2.45) is 23.7 Å². The van der Waals surface area contributed by atoms with Gasteiger partial charge in [0.2, 0.25) is 17.7 Å². The molecule has 0 spiro atoms. The first kappa shape index (κ1) is 18.7. The lowest BCUT2D eigenvalue weighted by molar-refractivity contribution is -0.141. The second-order valence-corrected chi connectivity index (χ2v) is 9.02. The Labute approximate surface area is 173 Å². The molecule has 0 radical (unpaired) electrons. The summed E-state index contributed by atoms with van der Waals surface area (Å²) in [4.78, 5) is 39.2. The maximum atomic E-state index is 12.7. The molecule has 2 aromatic rings. The second kappa shape index (κ2) is 6.87. The molecule has 2 bridgehead atoms. The lowest BCUT2D eigenvalue weighted by Crippen LogP contribution is -2.37. The summed E-state index contributed by atoms with van der Waals surface area (Å²) in [5.41, 5.74) is 0.708. The van der Waals surface area contributed by atoms with Gasteiger partial charge in [0.25, 0.3) is 0 Å². The van der Waals surface area contributed by atoms with Crippen LogP contribution in [0.3, 0.4) is 0 Å². The number of fused-ring (bicyclic) bond motifs is 6. The molecule has 3 amide bonds. The molecular weight excluding hydrogens is 392 g/mol. The minimum absolute atomic E-state index is 0.0674. The number of benzene rings is 1. The molecule has 1 aromatic heterocycles. The number of halogens is 1. The number of nitrogens with zero attached hydrogens (tertiary/aromatic N) is 1. The van der Waals surface area contributed by atoms with Gasteiger partial charge in [0.15, 0.2) is 0 Å². The first-order chi connectivity index (χ1) is 13.9. The van der Waals surface area contributed by atoms with Gasteiger partial charge in [-0.05, 0) is 62.3 Å². The third-order valence-corrected chi connectivity index (χ3v) is 7.12. The van der Waals surface area contributed by atoms with Crippen molar-refractivity contribution in [2.75, 3.05) is 6.54 Å². The van der Waals surface area contributed by atoms with Gasteiger partial charge in [-0.25, -0.2) is 0 Å². The van der Waals surface area contributed by atoms with Crippen LogP contribution in [0.5, 0.6) is 0 Å². The number of furan rings is 1. The number of hydrogen-bond acceptors (Lipinski definition) is 4. The monoisotopic (exact) mass is 414 g/mol. The Kier molecular flexibility index (Phi) is 4.42. The fourth-order valence-corrected chi connectivity index (χ4v) is 5.72. The Balaban J connectivity index is 1.20. The summed E-state index contributed by atoms with van der Waals surface area (Å²) < 4.78 is 5.79. The fraction of sp³-hybridized carbons (Fsp3) is 0.500. The Hall–Kier alpha value is -2.34. The summed E-state index contributed by atoms with van der Waals surface area (Å²) in [6.45, 7) is 1.99. The molecule has 152 valence electrons. The molecular formula is C22H23ClN2O4. The highest BCUT2D eigenvalue weighted by Gasteiger charge is 2.60. The van der Waals surface area contributed by atoms with E-state index in [0.29, 0.717) is 28.2 Å². The maximum Gasteiger partial charge on any atom is 0.233 e. The van der Waals surface area contributed by atoms with Gasteiger partial charge in [-0.1, -0.05) is 11.6 Å². The normalized spacial score (nSPS) is 29.0. The molecule has 2 heterocycles. The summed E-state index contributed by atoms with van der Waals surface area (Å²) in [7, 11) is 0. The molecule has 5 rings (SSSR count). The van der Waals surface area contributed by atoms with Gasteiger partial charge in [0.1, 0.15) is 11.3 Å². The highest BCUT2D eigenvalue weighted by Crippen LogP contribution is 2.56. The average Bonchev–Trinajstić information content (AvgIpc) is 3.43. The van der Waals surface area contributed by atoms with Crippen molar-refractivity contribution in [3.05, 3.63) is 35.0 Å². The zero-order valence-corrected chi connectivity index (χ0v) is 16.9. The van der Waals surface area contributed by atoms with E-state index in [1.165, 1.54) is 4.90 Å². The minimum atomic E-state index is -0.325. The van der Waals surface area contributed by atoms with E-state index in [-0.39, 0.29) is 48.6 Å². The zero-order chi connectivity index (χ0) is 20.3. The van der Waals surface area contributed by atoms with E-state index in [0.717, 1.165) is 24.6 Å². The number of likely N-dealkylation sites (tertiary alicyclic amines) is 1.